The van der Waals surface area contributed by atoms with Crippen molar-refractivity contribution in [2.24, 2.45) is 0 Å². The van der Waals surface area contributed by atoms with Gasteiger partial charge in [0, 0.05) is 10.7 Å². The van der Waals surface area contributed by atoms with Crippen molar-refractivity contribution in [2.45, 2.75) is 19.9 Å². The molecule has 1 aliphatic heterocycles. The molecule has 0 saturated carbocycles. The summed E-state index contributed by atoms with van der Waals surface area (Å²) in [4.78, 5) is 24.6. The molecule has 0 spiro atoms. The summed E-state index contributed by atoms with van der Waals surface area (Å²) < 4.78 is 1.61. The molecule has 2 aromatic carbocycles. The average molecular weight is 423 g/mol. The number of nitrogens with zero attached hydrogens (tertiary/aromatic N) is 2. The molecule has 1 unspecified atom stereocenters. The minimum absolute atomic E-state index is 0.0130. The van der Waals surface area contributed by atoms with Crippen LogP contribution in [0.4, 0.5) is 11.5 Å². The number of halogens is 1. The molecule has 1 atom stereocenters. The van der Waals surface area contributed by atoms with Gasteiger partial charge in [0.25, 0.3) is 5.91 Å². The predicted molar refractivity (Wildman–Crippen MR) is 115 cm³/mol. The van der Waals surface area contributed by atoms with Gasteiger partial charge in [-0.15, -0.1) is 0 Å². The SMILES string of the molecule is Cc1ccc(C2C=C(C(=O)O)Nc3c(C(=O)Nc4ccc(C)c(Cl)c4)cnn32)cc1. The lowest BCUT2D eigenvalue weighted by Gasteiger charge is -2.24. The first kappa shape index (κ1) is 19.7. The first-order valence-electron chi connectivity index (χ1n) is 9.27. The number of carbonyl (C=O) groups is 2. The van der Waals surface area contributed by atoms with Gasteiger partial charge in [0.1, 0.15) is 17.1 Å². The zero-order chi connectivity index (χ0) is 21.4. The van der Waals surface area contributed by atoms with Gasteiger partial charge in [-0.25, -0.2) is 9.48 Å². The molecule has 30 heavy (non-hydrogen) atoms. The number of rotatable bonds is 4. The van der Waals surface area contributed by atoms with Crippen molar-refractivity contribution in [3.05, 3.63) is 87.7 Å². The van der Waals surface area contributed by atoms with Crippen LogP contribution in [-0.2, 0) is 4.79 Å². The highest BCUT2D eigenvalue weighted by atomic mass is 35.5. The van der Waals surface area contributed by atoms with Crippen molar-refractivity contribution in [1.29, 1.82) is 0 Å². The van der Waals surface area contributed by atoms with Crippen molar-refractivity contribution in [2.75, 3.05) is 10.6 Å². The van der Waals surface area contributed by atoms with E-state index in [-0.39, 0.29) is 11.3 Å². The van der Waals surface area contributed by atoms with Crippen LogP contribution < -0.4 is 10.6 Å². The Hall–Kier alpha value is -3.58. The molecule has 7 nitrogen and oxygen atoms in total. The van der Waals surface area contributed by atoms with Crippen LogP contribution in [-0.4, -0.2) is 26.8 Å². The number of anilines is 2. The molecular formula is C22H19ClN4O3. The number of aromatic nitrogens is 2. The number of aryl methyl sites for hydroxylation is 2. The summed E-state index contributed by atoms with van der Waals surface area (Å²) in [7, 11) is 0. The molecule has 0 fully saturated rings. The number of amides is 1. The van der Waals surface area contributed by atoms with Gasteiger partial charge >= 0.3 is 5.97 Å². The Morgan fingerprint density at radius 1 is 1.17 bits per heavy atom. The van der Waals surface area contributed by atoms with E-state index in [0.29, 0.717) is 16.5 Å². The highest BCUT2D eigenvalue weighted by Gasteiger charge is 2.29. The smallest absolute Gasteiger partial charge is 0.352 e. The molecule has 3 aromatic rings. The van der Waals surface area contributed by atoms with Gasteiger partial charge in [0.15, 0.2) is 0 Å². The third-order valence-electron chi connectivity index (χ3n) is 4.96. The monoisotopic (exact) mass is 422 g/mol. The standard InChI is InChI=1S/C22H19ClN4O3/c1-12-3-6-14(7-4-12)19-10-18(22(29)30)26-20-16(11-24-27(19)20)21(28)25-15-8-5-13(2)17(23)9-15/h3-11,19,26H,1-2H3,(H,25,28)(H,29,30). The fourth-order valence-corrected chi connectivity index (χ4v) is 3.44. The largest absolute Gasteiger partial charge is 0.477 e. The van der Waals surface area contributed by atoms with E-state index in [9.17, 15) is 14.7 Å². The number of carbonyl (C=O) groups excluding carboxylic acids is 1. The second-order valence-electron chi connectivity index (χ2n) is 7.14. The highest BCUT2D eigenvalue weighted by Crippen LogP contribution is 2.32. The Labute approximate surface area is 178 Å². The van der Waals surface area contributed by atoms with Crippen LogP contribution in [0.5, 0.6) is 0 Å². The average Bonchev–Trinajstić information content (AvgIpc) is 3.15. The Kier molecular flexibility index (Phi) is 5.05. The molecule has 1 amide bonds. The van der Waals surface area contributed by atoms with Crippen molar-refractivity contribution in [1.82, 2.24) is 9.78 Å². The zero-order valence-electron chi connectivity index (χ0n) is 16.3. The molecule has 8 heteroatoms. The van der Waals surface area contributed by atoms with E-state index in [0.717, 1.165) is 16.7 Å². The Morgan fingerprint density at radius 3 is 2.57 bits per heavy atom. The van der Waals surface area contributed by atoms with E-state index < -0.39 is 17.9 Å². The quantitative estimate of drug-likeness (QED) is 0.579. The van der Waals surface area contributed by atoms with Crippen LogP contribution in [0.25, 0.3) is 0 Å². The van der Waals surface area contributed by atoms with Gasteiger partial charge in [-0.05, 0) is 43.2 Å². The molecule has 1 aromatic heterocycles. The number of aliphatic carboxylic acids is 1. The molecule has 0 radical (unpaired) electrons. The van der Waals surface area contributed by atoms with E-state index in [1.165, 1.54) is 6.20 Å². The second-order valence-corrected chi connectivity index (χ2v) is 7.54. The van der Waals surface area contributed by atoms with Crippen molar-refractivity contribution < 1.29 is 14.7 Å². The van der Waals surface area contributed by atoms with Gasteiger partial charge in [0.2, 0.25) is 0 Å². The molecule has 0 aliphatic carbocycles. The summed E-state index contributed by atoms with van der Waals surface area (Å²) in [6.45, 7) is 3.85. The minimum atomic E-state index is -1.11. The second kappa shape index (κ2) is 7.68. The Morgan fingerprint density at radius 2 is 1.90 bits per heavy atom. The minimum Gasteiger partial charge on any atom is -0.477 e. The van der Waals surface area contributed by atoms with E-state index in [2.05, 4.69) is 15.7 Å². The third-order valence-corrected chi connectivity index (χ3v) is 5.37. The summed E-state index contributed by atoms with van der Waals surface area (Å²) in [6.07, 6.45) is 3.00. The number of hydrogen-bond donors (Lipinski definition) is 3. The summed E-state index contributed by atoms with van der Waals surface area (Å²) in [5.74, 6) is -1.22. The van der Waals surface area contributed by atoms with Gasteiger partial charge in [-0.3, -0.25) is 4.79 Å². The van der Waals surface area contributed by atoms with Crippen molar-refractivity contribution in [3.63, 3.8) is 0 Å². The maximum Gasteiger partial charge on any atom is 0.352 e. The molecular weight excluding hydrogens is 404 g/mol. The zero-order valence-corrected chi connectivity index (χ0v) is 17.1. The van der Waals surface area contributed by atoms with Crippen LogP contribution in [0.3, 0.4) is 0 Å². The third kappa shape index (κ3) is 3.67. The van der Waals surface area contributed by atoms with Crippen LogP contribution in [0.1, 0.15) is 33.1 Å². The number of fused-ring (bicyclic) bond motifs is 1. The molecule has 2 heterocycles. The number of allylic oxidation sites excluding steroid dienone is 1. The molecule has 1 aliphatic rings. The van der Waals surface area contributed by atoms with Gasteiger partial charge in [0.05, 0.1) is 12.2 Å². The molecule has 0 saturated heterocycles. The Bertz CT molecular complexity index is 1180. The maximum absolute atomic E-state index is 12.9. The number of benzene rings is 2. The number of carboxylic acid groups (broad SMARTS) is 1. The van der Waals surface area contributed by atoms with Gasteiger partial charge in [-0.1, -0.05) is 47.5 Å². The topological polar surface area (TPSA) is 96.2 Å². The molecule has 0 bridgehead atoms. The number of carboxylic acids is 1. The van der Waals surface area contributed by atoms with Crippen molar-refractivity contribution >= 4 is 35.0 Å². The lowest BCUT2D eigenvalue weighted by Crippen LogP contribution is -2.25. The van der Waals surface area contributed by atoms with E-state index >= 15 is 0 Å². The fraction of sp³-hybridized carbons (Fsp3) is 0.136. The maximum atomic E-state index is 12.9. The van der Waals surface area contributed by atoms with Crippen LogP contribution >= 0.6 is 11.6 Å². The summed E-state index contributed by atoms with van der Waals surface area (Å²) in [5.41, 5.74) is 3.61. The number of nitrogens with one attached hydrogen (secondary N) is 2. The predicted octanol–water partition coefficient (Wildman–Crippen LogP) is 4.39. The van der Waals surface area contributed by atoms with Crippen LogP contribution in [0.15, 0.2) is 60.4 Å². The van der Waals surface area contributed by atoms with Gasteiger partial charge in [-0.2, -0.15) is 5.10 Å². The fourth-order valence-electron chi connectivity index (χ4n) is 3.26. The lowest BCUT2D eigenvalue weighted by atomic mass is 10.0. The summed E-state index contributed by atoms with van der Waals surface area (Å²) in [5, 5.41) is 20.1. The normalized spacial score (nSPS) is 15.0. The first-order chi connectivity index (χ1) is 14.3. The number of hydrogen-bond acceptors (Lipinski definition) is 4. The highest BCUT2D eigenvalue weighted by molar-refractivity contribution is 6.31. The Balaban J connectivity index is 1.70. The van der Waals surface area contributed by atoms with E-state index in [1.807, 2.05) is 44.2 Å². The van der Waals surface area contributed by atoms with Crippen LogP contribution in [0, 0.1) is 13.8 Å². The summed E-state index contributed by atoms with van der Waals surface area (Å²) >= 11 is 6.14. The van der Waals surface area contributed by atoms with Crippen molar-refractivity contribution in [3.8, 4) is 0 Å². The molecule has 4 rings (SSSR count). The molecule has 152 valence electrons. The summed E-state index contributed by atoms with van der Waals surface area (Å²) in [6, 6.07) is 12.5. The van der Waals surface area contributed by atoms with E-state index in [4.69, 9.17) is 11.6 Å². The van der Waals surface area contributed by atoms with Gasteiger partial charge < -0.3 is 15.7 Å². The molecule has 3 N–H and O–H groups in total. The van der Waals surface area contributed by atoms with Crippen LogP contribution in [0.2, 0.25) is 5.02 Å². The first-order valence-corrected chi connectivity index (χ1v) is 9.65. The van der Waals surface area contributed by atoms with E-state index in [1.54, 1.807) is 22.9 Å². The lowest BCUT2D eigenvalue weighted by molar-refractivity contribution is -0.132.